The van der Waals surface area contributed by atoms with Crippen LogP contribution in [0.15, 0.2) is 0 Å². The van der Waals surface area contributed by atoms with Crippen molar-refractivity contribution in [2.45, 2.75) is 6.17 Å². The van der Waals surface area contributed by atoms with Crippen LogP contribution in [-0.4, -0.2) is 17.2 Å². The molecule has 7 heavy (non-hydrogen) atoms. The van der Waals surface area contributed by atoms with E-state index in [1.54, 1.807) is 0 Å². The molecule has 0 aromatic heterocycles. The van der Waals surface area contributed by atoms with Gasteiger partial charge < -0.3 is 16.6 Å². The standard InChI is InChI=1S/C2H6N2O2.ClH/c3-1(4)2(5)6;/h1H,3-4H2,(H,5,6);1H. The fraction of sp³-hybridized carbons (Fsp3) is 0.500. The molecule has 0 spiro atoms. The molecule has 5 N–H and O–H groups in total. The molecular weight excluding hydrogens is 119 g/mol. The lowest BCUT2D eigenvalue weighted by Gasteiger charge is -1.90. The Morgan fingerprint density at radius 1 is 1.57 bits per heavy atom. The quantitative estimate of drug-likeness (QED) is 0.383. The van der Waals surface area contributed by atoms with Gasteiger partial charge in [-0.05, 0) is 0 Å². The van der Waals surface area contributed by atoms with Gasteiger partial charge in [0.05, 0.1) is 0 Å². The maximum absolute atomic E-state index is 9.45. The molecule has 0 radical (unpaired) electrons. The molecule has 0 aliphatic carbocycles. The van der Waals surface area contributed by atoms with Crippen LogP contribution in [-0.2, 0) is 4.79 Å². The van der Waals surface area contributed by atoms with E-state index in [4.69, 9.17) is 5.11 Å². The van der Waals surface area contributed by atoms with Gasteiger partial charge in [0.1, 0.15) is 0 Å². The van der Waals surface area contributed by atoms with Crippen LogP contribution < -0.4 is 11.5 Å². The highest BCUT2D eigenvalue weighted by molar-refractivity contribution is 5.85. The van der Waals surface area contributed by atoms with Crippen molar-refractivity contribution >= 4 is 18.4 Å². The second-order valence-electron chi connectivity index (χ2n) is 0.864. The van der Waals surface area contributed by atoms with Crippen molar-refractivity contribution in [2.24, 2.45) is 11.5 Å². The number of halogens is 1. The van der Waals surface area contributed by atoms with Crippen molar-refractivity contribution in [1.82, 2.24) is 0 Å². The Morgan fingerprint density at radius 2 is 1.71 bits per heavy atom. The third-order valence-corrected chi connectivity index (χ3v) is 0.285. The summed E-state index contributed by atoms with van der Waals surface area (Å²) in [4.78, 5) is 9.45. The molecule has 0 aromatic rings. The number of carboxylic acids is 1. The number of aliphatic carboxylic acids is 1. The SMILES string of the molecule is Cl.NC(N)C(=O)O. The summed E-state index contributed by atoms with van der Waals surface area (Å²) >= 11 is 0. The van der Waals surface area contributed by atoms with Gasteiger partial charge in [0.25, 0.3) is 0 Å². The molecule has 0 unspecified atom stereocenters. The van der Waals surface area contributed by atoms with Crippen molar-refractivity contribution in [3.8, 4) is 0 Å². The monoisotopic (exact) mass is 126 g/mol. The lowest BCUT2D eigenvalue weighted by molar-refractivity contribution is -0.138. The number of carboxylic acid groups (broad SMARTS) is 1. The summed E-state index contributed by atoms with van der Waals surface area (Å²) in [5, 5.41) is 7.74. The van der Waals surface area contributed by atoms with Crippen LogP contribution >= 0.6 is 12.4 Å². The van der Waals surface area contributed by atoms with Crippen LogP contribution in [0.2, 0.25) is 0 Å². The number of nitrogens with two attached hydrogens (primary N) is 2. The predicted octanol–water partition coefficient (Wildman–Crippen LogP) is -1.26. The van der Waals surface area contributed by atoms with E-state index >= 15 is 0 Å². The Morgan fingerprint density at radius 3 is 1.71 bits per heavy atom. The molecule has 0 heterocycles. The van der Waals surface area contributed by atoms with Gasteiger partial charge in [-0.2, -0.15) is 0 Å². The molecule has 0 aliphatic rings. The fourth-order valence-electron chi connectivity index (χ4n) is 0. The molecule has 0 saturated carbocycles. The van der Waals surface area contributed by atoms with E-state index < -0.39 is 12.1 Å². The minimum absolute atomic E-state index is 0. The summed E-state index contributed by atoms with van der Waals surface area (Å²) in [5.74, 6) is -1.19. The van der Waals surface area contributed by atoms with Crippen molar-refractivity contribution in [2.75, 3.05) is 0 Å². The number of hydrogen-bond acceptors (Lipinski definition) is 3. The van der Waals surface area contributed by atoms with Crippen molar-refractivity contribution < 1.29 is 9.90 Å². The Hall–Kier alpha value is -0.320. The molecule has 0 saturated heterocycles. The Balaban J connectivity index is 0. The van der Waals surface area contributed by atoms with Gasteiger partial charge in [-0.25, -0.2) is 4.79 Å². The zero-order chi connectivity index (χ0) is 5.15. The third-order valence-electron chi connectivity index (χ3n) is 0.285. The summed E-state index contributed by atoms with van der Waals surface area (Å²) in [6.07, 6.45) is -1.23. The average molecular weight is 127 g/mol. The van der Waals surface area contributed by atoms with Gasteiger partial charge in [0, 0.05) is 0 Å². The first-order valence-corrected chi connectivity index (χ1v) is 1.38. The smallest absolute Gasteiger partial charge is 0.335 e. The fourth-order valence-corrected chi connectivity index (χ4v) is 0. The highest BCUT2D eigenvalue weighted by atomic mass is 35.5. The lowest BCUT2D eigenvalue weighted by Crippen LogP contribution is -2.38. The zero-order valence-electron chi connectivity index (χ0n) is 3.50. The van der Waals surface area contributed by atoms with Crippen LogP contribution in [0.5, 0.6) is 0 Å². The van der Waals surface area contributed by atoms with E-state index in [1.165, 1.54) is 0 Å². The molecule has 5 heteroatoms. The van der Waals surface area contributed by atoms with E-state index in [1.807, 2.05) is 0 Å². The first-order valence-electron chi connectivity index (χ1n) is 1.38. The molecule has 0 atom stereocenters. The topological polar surface area (TPSA) is 89.3 Å². The predicted molar refractivity (Wildman–Crippen MR) is 27.0 cm³/mol. The molecule has 0 rings (SSSR count). The maximum Gasteiger partial charge on any atom is 0.335 e. The van der Waals surface area contributed by atoms with E-state index in [-0.39, 0.29) is 12.4 Å². The Bertz CT molecular complexity index is 64.7. The van der Waals surface area contributed by atoms with Crippen LogP contribution in [0.1, 0.15) is 0 Å². The highest BCUT2D eigenvalue weighted by Crippen LogP contribution is 1.56. The Kier molecular flexibility index (Phi) is 5.42. The molecular formula is C2H7ClN2O2. The van der Waals surface area contributed by atoms with Crippen molar-refractivity contribution in [3.05, 3.63) is 0 Å². The number of rotatable bonds is 1. The molecule has 4 nitrogen and oxygen atoms in total. The van der Waals surface area contributed by atoms with Crippen LogP contribution in [0, 0.1) is 0 Å². The minimum Gasteiger partial charge on any atom is -0.479 e. The van der Waals surface area contributed by atoms with Crippen LogP contribution in [0.3, 0.4) is 0 Å². The second kappa shape index (κ2) is 3.86. The van der Waals surface area contributed by atoms with Gasteiger partial charge in [0.15, 0.2) is 6.17 Å². The molecule has 0 aromatic carbocycles. The van der Waals surface area contributed by atoms with E-state index in [0.717, 1.165) is 0 Å². The number of carbonyl (C=O) groups is 1. The largest absolute Gasteiger partial charge is 0.479 e. The molecule has 0 bridgehead atoms. The van der Waals surface area contributed by atoms with E-state index in [0.29, 0.717) is 0 Å². The second-order valence-corrected chi connectivity index (χ2v) is 0.864. The minimum atomic E-state index is -1.23. The average Bonchev–Trinajstić information content (AvgIpc) is 1.36. The Labute approximate surface area is 46.9 Å². The van der Waals surface area contributed by atoms with Crippen LogP contribution in [0.25, 0.3) is 0 Å². The van der Waals surface area contributed by atoms with Crippen molar-refractivity contribution in [1.29, 1.82) is 0 Å². The normalized spacial score (nSPS) is 7.86. The molecule has 0 amide bonds. The summed E-state index contributed by atoms with van der Waals surface area (Å²) < 4.78 is 0. The van der Waals surface area contributed by atoms with Gasteiger partial charge >= 0.3 is 5.97 Å². The maximum atomic E-state index is 9.45. The third kappa shape index (κ3) is 5.68. The van der Waals surface area contributed by atoms with Gasteiger partial charge in [-0.3, -0.25) is 0 Å². The summed E-state index contributed by atoms with van der Waals surface area (Å²) in [6.45, 7) is 0. The zero-order valence-corrected chi connectivity index (χ0v) is 4.31. The highest BCUT2D eigenvalue weighted by Gasteiger charge is 1.99. The van der Waals surface area contributed by atoms with Gasteiger partial charge in [-0.15, -0.1) is 12.4 Å². The molecule has 0 aliphatic heterocycles. The first-order chi connectivity index (χ1) is 2.64. The van der Waals surface area contributed by atoms with E-state index in [9.17, 15) is 4.79 Å². The first kappa shape index (κ1) is 9.84. The van der Waals surface area contributed by atoms with Crippen LogP contribution in [0.4, 0.5) is 0 Å². The van der Waals surface area contributed by atoms with Crippen molar-refractivity contribution in [3.63, 3.8) is 0 Å². The molecule has 44 valence electrons. The summed E-state index contributed by atoms with van der Waals surface area (Å²) in [6, 6.07) is 0. The lowest BCUT2D eigenvalue weighted by atomic mass is 10.6. The van der Waals surface area contributed by atoms with Gasteiger partial charge in [-0.1, -0.05) is 0 Å². The number of hydrogen-bond donors (Lipinski definition) is 3. The molecule has 0 fully saturated rings. The van der Waals surface area contributed by atoms with E-state index in [2.05, 4.69) is 11.5 Å². The summed E-state index contributed by atoms with van der Waals surface area (Å²) in [5.41, 5.74) is 9.23. The summed E-state index contributed by atoms with van der Waals surface area (Å²) in [7, 11) is 0. The van der Waals surface area contributed by atoms with Gasteiger partial charge in [0.2, 0.25) is 0 Å².